The van der Waals surface area contributed by atoms with Crippen molar-refractivity contribution in [3.8, 4) is 5.75 Å². The van der Waals surface area contributed by atoms with Gasteiger partial charge in [-0.05, 0) is 53.8 Å². The van der Waals surface area contributed by atoms with Crippen molar-refractivity contribution in [3.05, 3.63) is 122 Å². The highest BCUT2D eigenvalue weighted by molar-refractivity contribution is 5.85. The molecule has 0 fully saturated rings. The molecular formula is C27H26ClFN2O3. The molecule has 7 heteroatoms. The number of aromatic hydroxyl groups is 1. The molecule has 0 saturated carbocycles. The average Bonchev–Trinajstić information content (AvgIpc) is 2.85. The van der Waals surface area contributed by atoms with Crippen LogP contribution >= 0.6 is 12.4 Å². The molecule has 0 aliphatic carbocycles. The normalized spacial score (nSPS) is 12.6. The van der Waals surface area contributed by atoms with Crippen molar-refractivity contribution < 1.29 is 9.50 Å². The van der Waals surface area contributed by atoms with E-state index in [1.807, 2.05) is 36.4 Å². The number of anilines is 2. The Kier molecular flexibility index (Phi) is 8.21. The Morgan fingerprint density at radius 1 is 0.853 bits per heavy atom. The lowest BCUT2D eigenvalue weighted by Crippen LogP contribution is -2.32. The van der Waals surface area contributed by atoms with E-state index in [4.69, 9.17) is 0 Å². The van der Waals surface area contributed by atoms with Crippen molar-refractivity contribution in [1.82, 2.24) is 5.32 Å². The quantitative estimate of drug-likeness (QED) is 0.283. The van der Waals surface area contributed by atoms with Gasteiger partial charge in [0, 0.05) is 17.8 Å². The molecule has 0 aromatic heterocycles. The Morgan fingerprint density at radius 2 is 1.53 bits per heavy atom. The van der Waals surface area contributed by atoms with E-state index in [0.717, 1.165) is 17.5 Å². The van der Waals surface area contributed by atoms with Gasteiger partial charge in [-0.1, -0.05) is 61.5 Å². The second-order valence-electron chi connectivity index (χ2n) is 8.05. The Bertz CT molecular complexity index is 1300. The number of nitrogens with one attached hydrogen (secondary N) is 2. The highest BCUT2D eigenvalue weighted by Crippen LogP contribution is 2.27. The third kappa shape index (κ3) is 5.53. The van der Waals surface area contributed by atoms with Gasteiger partial charge in [0.1, 0.15) is 11.5 Å². The standard InChI is InChI=1S/C27H25FN2O3.ClH/c1-2-22(18-8-4-3-5-9-18)30-23(19-11-13-20(28)14-12-19)16-17-7-6-10-21(15-17)29-24-25(31)27(33)26(24)32;/h3-15,22-23,29-31H,2,16H2,1H3;1H/t22-,23?;/m1./s1. The first-order valence-corrected chi connectivity index (χ1v) is 10.9. The van der Waals surface area contributed by atoms with Crippen molar-refractivity contribution in [1.29, 1.82) is 0 Å². The fourth-order valence-electron chi connectivity index (χ4n) is 4.00. The molecule has 3 N–H and O–H groups in total. The summed E-state index contributed by atoms with van der Waals surface area (Å²) in [6, 6.07) is 24.1. The summed E-state index contributed by atoms with van der Waals surface area (Å²) in [5.41, 5.74) is 2.03. The van der Waals surface area contributed by atoms with Crippen molar-refractivity contribution in [2.75, 3.05) is 5.32 Å². The molecular weight excluding hydrogens is 455 g/mol. The van der Waals surface area contributed by atoms with Crippen LogP contribution in [0.5, 0.6) is 5.75 Å². The van der Waals surface area contributed by atoms with Crippen LogP contribution in [0.2, 0.25) is 0 Å². The van der Waals surface area contributed by atoms with Crippen LogP contribution in [0.4, 0.5) is 15.8 Å². The van der Waals surface area contributed by atoms with Crippen LogP contribution < -0.4 is 21.5 Å². The summed E-state index contributed by atoms with van der Waals surface area (Å²) in [7, 11) is 0. The Hall–Kier alpha value is -3.48. The maximum Gasteiger partial charge on any atom is 0.271 e. The molecule has 2 atom stereocenters. The highest BCUT2D eigenvalue weighted by Gasteiger charge is 2.21. The number of hydrogen-bond donors (Lipinski definition) is 3. The van der Waals surface area contributed by atoms with Gasteiger partial charge >= 0.3 is 0 Å². The van der Waals surface area contributed by atoms with Crippen LogP contribution in [0, 0.1) is 5.82 Å². The Balaban J connectivity index is 0.00000324. The van der Waals surface area contributed by atoms with Gasteiger partial charge in [0.05, 0.1) is 0 Å². The zero-order valence-corrected chi connectivity index (χ0v) is 19.4. The van der Waals surface area contributed by atoms with Gasteiger partial charge in [-0.25, -0.2) is 4.39 Å². The lowest BCUT2D eigenvalue weighted by atomic mass is 9.95. The molecule has 4 aromatic carbocycles. The summed E-state index contributed by atoms with van der Waals surface area (Å²) in [4.78, 5) is 22.9. The number of halogens is 2. The van der Waals surface area contributed by atoms with E-state index < -0.39 is 16.6 Å². The van der Waals surface area contributed by atoms with Gasteiger partial charge in [-0.2, -0.15) is 0 Å². The van der Waals surface area contributed by atoms with E-state index in [1.54, 1.807) is 18.2 Å². The fraction of sp³-hybridized carbons (Fsp3) is 0.185. The first-order chi connectivity index (χ1) is 16.0. The van der Waals surface area contributed by atoms with Crippen LogP contribution in [0.25, 0.3) is 0 Å². The topological polar surface area (TPSA) is 78.4 Å². The molecule has 0 bridgehead atoms. The zero-order valence-electron chi connectivity index (χ0n) is 18.6. The number of rotatable bonds is 9. The molecule has 0 amide bonds. The lowest BCUT2D eigenvalue weighted by molar-refractivity contribution is 0.432. The fourth-order valence-corrected chi connectivity index (χ4v) is 4.00. The first kappa shape index (κ1) is 25.1. The van der Waals surface area contributed by atoms with Crippen LogP contribution in [0.1, 0.15) is 42.1 Å². The lowest BCUT2D eigenvalue weighted by Gasteiger charge is -2.26. The van der Waals surface area contributed by atoms with Gasteiger partial charge in [-0.15, -0.1) is 12.4 Å². The van der Waals surface area contributed by atoms with Crippen LogP contribution in [-0.2, 0) is 6.42 Å². The maximum atomic E-state index is 13.6. The smallest absolute Gasteiger partial charge is 0.271 e. The summed E-state index contributed by atoms with van der Waals surface area (Å²) >= 11 is 0. The third-order valence-electron chi connectivity index (χ3n) is 5.81. The monoisotopic (exact) mass is 480 g/mol. The predicted molar refractivity (Wildman–Crippen MR) is 135 cm³/mol. The average molecular weight is 481 g/mol. The molecule has 5 nitrogen and oxygen atoms in total. The summed E-state index contributed by atoms with van der Waals surface area (Å²) in [5.74, 6) is -0.823. The van der Waals surface area contributed by atoms with Gasteiger partial charge in [-0.3, -0.25) is 9.59 Å². The molecule has 0 aliphatic heterocycles. The van der Waals surface area contributed by atoms with E-state index in [2.05, 4.69) is 29.7 Å². The van der Waals surface area contributed by atoms with Crippen molar-refractivity contribution in [3.63, 3.8) is 0 Å². The second kappa shape index (κ2) is 11.1. The molecule has 0 spiro atoms. The minimum absolute atomic E-state index is 0. The highest BCUT2D eigenvalue weighted by atomic mass is 35.5. The van der Waals surface area contributed by atoms with E-state index in [9.17, 15) is 19.1 Å². The second-order valence-corrected chi connectivity index (χ2v) is 8.05. The Labute approximate surface area is 203 Å². The van der Waals surface area contributed by atoms with Crippen molar-refractivity contribution >= 4 is 23.8 Å². The predicted octanol–water partition coefficient (Wildman–Crippen LogP) is 5.32. The van der Waals surface area contributed by atoms with E-state index in [0.29, 0.717) is 12.1 Å². The largest absolute Gasteiger partial charge is 0.502 e. The number of hydrogen-bond acceptors (Lipinski definition) is 5. The van der Waals surface area contributed by atoms with Crippen molar-refractivity contribution in [2.24, 2.45) is 0 Å². The van der Waals surface area contributed by atoms with Crippen molar-refractivity contribution in [2.45, 2.75) is 31.8 Å². The van der Waals surface area contributed by atoms with Gasteiger partial charge < -0.3 is 15.7 Å². The maximum absolute atomic E-state index is 13.6. The minimum atomic E-state index is -0.874. The van der Waals surface area contributed by atoms with Gasteiger partial charge in [0.2, 0.25) is 0 Å². The van der Waals surface area contributed by atoms with Crippen LogP contribution in [0.3, 0.4) is 0 Å². The molecule has 176 valence electrons. The molecule has 1 unspecified atom stereocenters. The molecule has 0 aliphatic rings. The summed E-state index contributed by atoms with van der Waals surface area (Å²) in [6.07, 6.45) is 1.50. The molecule has 0 heterocycles. The molecule has 0 radical (unpaired) electrons. The van der Waals surface area contributed by atoms with E-state index in [1.165, 1.54) is 17.7 Å². The van der Waals surface area contributed by atoms with Crippen LogP contribution in [-0.4, -0.2) is 5.11 Å². The Morgan fingerprint density at radius 3 is 2.18 bits per heavy atom. The molecule has 0 saturated heterocycles. The summed E-state index contributed by atoms with van der Waals surface area (Å²) in [6.45, 7) is 2.12. The van der Waals surface area contributed by atoms with E-state index in [-0.39, 0.29) is 36.0 Å². The molecule has 4 aromatic rings. The molecule has 4 rings (SSSR count). The molecule has 34 heavy (non-hydrogen) atoms. The minimum Gasteiger partial charge on any atom is -0.502 e. The van der Waals surface area contributed by atoms with Gasteiger partial charge in [0.15, 0.2) is 5.75 Å². The first-order valence-electron chi connectivity index (χ1n) is 10.9. The summed E-state index contributed by atoms with van der Waals surface area (Å²) < 4.78 is 13.6. The SMILES string of the molecule is CC[C@@H](NC(Cc1cccc(Nc2c(O)c(=O)c2=O)c1)c1ccc(F)cc1)c1ccccc1.Cl. The van der Waals surface area contributed by atoms with Gasteiger partial charge in [0.25, 0.3) is 10.9 Å². The van der Waals surface area contributed by atoms with E-state index >= 15 is 0 Å². The third-order valence-corrected chi connectivity index (χ3v) is 5.81. The van der Waals surface area contributed by atoms with Crippen LogP contribution in [0.15, 0.2) is 88.5 Å². The zero-order chi connectivity index (χ0) is 23.4. The number of benzene rings is 3. The summed E-state index contributed by atoms with van der Waals surface area (Å²) in [5, 5.41) is 16.2.